The van der Waals surface area contributed by atoms with E-state index in [4.69, 9.17) is 4.74 Å². The standard InChI is InChI=1S/C8H15NO2/c1-6(10)9-7-4-8(2,5-7)11-3/h7H,4-5H2,1-3H3,(H,9,10). The third-order valence-electron chi connectivity index (χ3n) is 2.26. The Labute approximate surface area is 67.1 Å². The van der Waals surface area contributed by atoms with Crippen LogP contribution in [0.3, 0.4) is 0 Å². The van der Waals surface area contributed by atoms with Gasteiger partial charge in [-0.15, -0.1) is 0 Å². The second kappa shape index (κ2) is 2.81. The number of hydrogen-bond donors (Lipinski definition) is 1. The van der Waals surface area contributed by atoms with Crippen LogP contribution in [0.4, 0.5) is 0 Å². The summed E-state index contributed by atoms with van der Waals surface area (Å²) in [6.07, 6.45) is 1.87. The van der Waals surface area contributed by atoms with Crippen molar-refractivity contribution < 1.29 is 9.53 Å². The number of nitrogens with one attached hydrogen (secondary N) is 1. The van der Waals surface area contributed by atoms with E-state index >= 15 is 0 Å². The number of carbonyl (C=O) groups excluding carboxylic acids is 1. The van der Waals surface area contributed by atoms with Crippen LogP contribution in [0, 0.1) is 0 Å². The summed E-state index contributed by atoms with van der Waals surface area (Å²) >= 11 is 0. The first-order chi connectivity index (χ1) is 5.06. The maximum atomic E-state index is 10.6. The van der Waals surface area contributed by atoms with Crippen molar-refractivity contribution in [1.82, 2.24) is 5.32 Å². The summed E-state index contributed by atoms with van der Waals surface area (Å²) in [6, 6.07) is 0.331. The third-order valence-corrected chi connectivity index (χ3v) is 2.26. The molecule has 1 rings (SSSR count). The second-order valence-electron chi connectivity index (χ2n) is 3.46. The van der Waals surface area contributed by atoms with Gasteiger partial charge >= 0.3 is 0 Å². The molecular formula is C8H15NO2. The summed E-state index contributed by atoms with van der Waals surface area (Å²) in [5.41, 5.74) is 0.00706. The van der Waals surface area contributed by atoms with Crippen molar-refractivity contribution in [3.8, 4) is 0 Å². The summed E-state index contributed by atoms with van der Waals surface area (Å²) in [6.45, 7) is 3.60. The molecule has 3 nitrogen and oxygen atoms in total. The predicted molar refractivity (Wildman–Crippen MR) is 42.3 cm³/mol. The van der Waals surface area contributed by atoms with Crippen LogP contribution >= 0.6 is 0 Å². The summed E-state index contributed by atoms with van der Waals surface area (Å²) in [7, 11) is 1.71. The Morgan fingerprint density at radius 2 is 2.18 bits per heavy atom. The van der Waals surface area contributed by atoms with Crippen LogP contribution in [0.2, 0.25) is 0 Å². The average Bonchev–Trinajstić information content (AvgIpc) is 1.83. The van der Waals surface area contributed by atoms with Gasteiger partial charge in [-0.1, -0.05) is 0 Å². The molecule has 11 heavy (non-hydrogen) atoms. The molecule has 0 atom stereocenters. The smallest absolute Gasteiger partial charge is 0.217 e. The zero-order chi connectivity index (χ0) is 8.48. The minimum atomic E-state index is 0.00706. The molecule has 0 radical (unpaired) electrons. The van der Waals surface area contributed by atoms with Gasteiger partial charge in [-0.05, 0) is 19.8 Å². The second-order valence-corrected chi connectivity index (χ2v) is 3.46. The van der Waals surface area contributed by atoms with Crippen molar-refractivity contribution in [1.29, 1.82) is 0 Å². The molecule has 1 N–H and O–H groups in total. The van der Waals surface area contributed by atoms with E-state index in [9.17, 15) is 4.79 Å². The van der Waals surface area contributed by atoms with Crippen molar-refractivity contribution in [3.05, 3.63) is 0 Å². The van der Waals surface area contributed by atoms with Crippen molar-refractivity contribution in [2.75, 3.05) is 7.11 Å². The Kier molecular flexibility index (Phi) is 2.18. The highest BCUT2D eigenvalue weighted by Gasteiger charge is 2.40. The Balaban J connectivity index is 2.23. The topological polar surface area (TPSA) is 38.3 Å². The summed E-state index contributed by atoms with van der Waals surface area (Å²) in [4.78, 5) is 10.6. The number of carbonyl (C=O) groups is 1. The Morgan fingerprint density at radius 1 is 1.64 bits per heavy atom. The van der Waals surface area contributed by atoms with Gasteiger partial charge in [-0.2, -0.15) is 0 Å². The summed E-state index contributed by atoms with van der Waals surface area (Å²) in [5, 5.41) is 2.85. The van der Waals surface area contributed by atoms with E-state index in [0.29, 0.717) is 6.04 Å². The lowest BCUT2D eigenvalue weighted by Gasteiger charge is -2.44. The van der Waals surface area contributed by atoms with Crippen LogP contribution in [0.1, 0.15) is 26.7 Å². The molecule has 1 fully saturated rings. The number of methoxy groups -OCH3 is 1. The quantitative estimate of drug-likeness (QED) is 0.640. The summed E-state index contributed by atoms with van der Waals surface area (Å²) in [5.74, 6) is 0.0492. The van der Waals surface area contributed by atoms with Gasteiger partial charge in [0.05, 0.1) is 5.60 Å². The van der Waals surface area contributed by atoms with E-state index < -0.39 is 0 Å². The molecule has 0 spiro atoms. The molecule has 0 aromatic rings. The lowest BCUT2D eigenvalue weighted by molar-refractivity contribution is -0.124. The predicted octanol–water partition coefficient (Wildman–Crippen LogP) is 0.690. The normalized spacial score (nSPS) is 36.1. The Morgan fingerprint density at radius 3 is 2.55 bits per heavy atom. The van der Waals surface area contributed by atoms with E-state index in [1.807, 2.05) is 0 Å². The highest BCUT2D eigenvalue weighted by atomic mass is 16.5. The summed E-state index contributed by atoms with van der Waals surface area (Å²) < 4.78 is 5.23. The fourth-order valence-corrected chi connectivity index (χ4v) is 1.54. The fourth-order valence-electron chi connectivity index (χ4n) is 1.54. The minimum Gasteiger partial charge on any atom is -0.378 e. The molecule has 0 saturated heterocycles. The van der Waals surface area contributed by atoms with Gasteiger partial charge in [0, 0.05) is 20.1 Å². The van der Waals surface area contributed by atoms with Gasteiger partial charge < -0.3 is 10.1 Å². The number of hydrogen-bond acceptors (Lipinski definition) is 2. The molecule has 1 aliphatic carbocycles. The first kappa shape index (κ1) is 8.53. The molecule has 0 unspecified atom stereocenters. The van der Waals surface area contributed by atoms with Crippen LogP contribution in [0.25, 0.3) is 0 Å². The van der Waals surface area contributed by atoms with Gasteiger partial charge in [0.1, 0.15) is 0 Å². The molecule has 0 heterocycles. The maximum absolute atomic E-state index is 10.6. The largest absolute Gasteiger partial charge is 0.378 e. The molecule has 1 aliphatic rings. The molecule has 0 aromatic heterocycles. The van der Waals surface area contributed by atoms with Gasteiger partial charge in [-0.3, -0.25) is 4.79 Å². The number of rotatable bonds is 2. The van der Waals surface area contributed by atoms with Crippen molar-refractivity contribution in [2.24, 2.45) is 0 Å². The van der Waals surface area contributed by atoms with Crippen LogP contribution < -0.4 is 5.32 Å². The van der Waals surface area contributed by atoms with Crippen molar-refractivity contribution in [3.63, 3.8) is 0 Å². The monoisotopic (exact) mass is 157 g/mol. The van der Waals surface area contributed by atoms with E-state index in [-0.39, 0.29) is 11.5 Å². The Bertz CT molecular complexity index is 161. The van der Waals surface area contributed by atoms with Crippen molar-refractivity contribution in [2.45, 2.75) is 38.3 Å². The fraction of sp³-hybridized carbons (Fsp3) is 0.875. The number of ether oxygens (including phenoxy) is 1. The van der Waals surface area contributed by atoms with E-state index in [0.717, 1.165) is 12.8 Å². The van der Waals surface area contributed by atoms with E-state index in [2.05, 4.69) is 12.2 Å². The molecule has 0 aliphatic heterocycles. The van der Waals surface area contributed by atoms with Gasteiger partial charge in [0.2, 0.25) is 5.91 Å². The zero-order valence-corrected chi connectivity index (χ0v) is 7.31. The molecule has 1 saturated carbocycles. The maximum Gasteiger partial charge on any atom is 0.217 e. The third kappa shape index (κ3) is 1.93. The van der Waals surface area contributed by atoms with Gasteiger partial charge in [-0.25, -0.2) is 0 Å². The van der Waals surface area contributed by atoms with Crippen LogP contribution in [0.5, 0.6) is 0 Å². The zero-order valence-electron chi connectivity index (χ0n) is 7.31. The molecule has 1 amide bonds. The molecule has 3 heteroatoms. The van der Waals surface area contributed by atoms with E-state index in [1.165, 1.54) is 0 Å². The highest BCUT2D eigenvalue weighted by molar-refractivity contribution is 5.73. The van der Waals surface area contributed by atoms with Gasteiger partial charge in [0.15, 0.2) is 0 Å². The first-order valence-electron chi connectivity index (χ1n) is 3.88. The molecule has 0 aromatic carbocycles. The molecule has 64 valence electrons. The molecular weight excluding hydrogens is 142 g/mol. The van der Waals surface area contributed by atoms with Gasteiger partial charge in [0.25, 0.3) is 0 Å². The van der Waals surface area contributed by atoms with Crippen LogP contribution in [-0.2, 0) is 9.53 Å². The highest BCUT2D eigenvalue weighted by Crippen LogP contribution is 2.34. The van der Waals surface area contributed by atoms with Crippen LogP contribution in [0.15, 0.2) is 0 Å². The first-order valence-corrected chi connectivity index (χ1v) is 3.88. The van der Waals surface area contributed by atoms with Crippen LogP contribution in [-0.4, -0.2) is 24.7 Å². The van der Waals surface area contributed by atoms with E-state index in [1.54, 1.807) is 14.0 Å². The molecule has 0 bridgehead atoms. The lowest BCUT2D eigenvalue weighted by Crippen LogP contribution is -2.53. The SMILES string of the molecule is COC1(C)CC(NC(C)=O)C1. The average molecular weight is 157 g/mol. The minimum absolute atomic E-state index is 0.00706. The number of amides is 1. The van der Waals surface area contributed by atoms with Crippen molar-refractivity contribution >= 4 is 5.91 Å². The Hall–Kier alpha value is -0.570. The lowest BCUT2D eigenvalue weighted by atomic mass is 9.77.